The molecule has 0 aromatic carbocycles. The third kappa shape index (κ3) is 2.99. The van der Waals surface area contributed by atoms with Crippen LogP contribution in [0.4, 0.5) is 5.95 Å². The van der Waals surface area contributed by atoms with E-state index in [-0.39, 0.29) is 0 Å². The number of hydrogen-bond donors (Lipinski definition) is 3. The Kier molecular flexibility index (Phi) is 3.83. The smallest absolute Gasteiger partial charge is 0.224 e. The summed E-state index contributed by atoms with van der Waals surface area (Å²) in [5, 5.41) is 22.7. The number of aromatic amines is 1. The topological polar surface area (TPSA) is 104 Å². The van der Waals surface area contributed by atoms with Crippen LogP contribution in [-0.2, 0) is 0 Å². The van der Waals surface area contributed by atoms with Crippen LogP contribution < -0.4 is 5.32 Å². The van der Waals surface area contributed by atoms with Gasteiger partial charge in [0.25, 0.3) is 0 Å². The van der Waals surface area contributed by atoms with Gasteiger partial charge in [-0.3, -0.25) is 4.40 Å². The molecule has 0 saturated heterocycles. The summed E-state index contributed by atoms with van der Waals surface area (Å²) in [5.74, 6) is 1.48. The predicted octanol–water partition coefficient (Wildman–Crippen LogP) is 3.08. The second-order valence-electron chi connectivity index (χ2n) is 7.97. The van der Waals surface area contributed by atoms with Gasteiger partial charge in [0.15, 0.2) is 5.65 Å². The van der Waals surface area contributed by atoms with E-state index >= 15 is 0 Å². The Morgan fingerprint density at radius 1 is 1.25 bits per heavy atom. The Bertz CT molecular complexity index is 1150. The zero-order valence-electron chi connectivity index (χ0n) is 16.0. The Balaban J connectivity index is 1.42. The molecule has 28 heavy (non-hydrogen) atoms. The van der Waals surface area contributed by atoms with Gasteiger partial charge >= 0.3 is 0 Å². The van der Waals surface area contributed by atoms with Crippen LogP contribution in [0.5, 0.6) is 0 Å². The lowest BCUT2D eigenvalue weighted by Gasteiger charge is -2.33. The molecule has 4 heterocycles. The fourth-order valence-electron chi connectivity index (χ4n) is 3.95. The monoisotopic (exact) mass is 377 g/mol. The van der Waals surface area contributed by atoms with Crippen LogP contribution in [0.2, 0.25) is 0 Å². The maximum atomic E-state index is 10.1. The molecule has 3 N–H and O–H groups in total. The Morgan fingerprint density at radius 3 is 2.89 bits per heavy atom. The molecule has 4 aromatic heterocycles. The zero-order chi connectivity index (χ0) is 19.3. The van der Waals surface area contributed by atoms with Crippen molar-refractivity contribution in [1.82, 2.24) is 29.5 Å². The molecule has 8 nitrogen and oxygen atoms in total. The summed E-state index contributed by atoms with van der Waals surface area (Å²) in [7, 11) is 0. The molecule has 1 saturated carbocycles. The van der Waals surface area contributed by atoms with Gasteiger partial charge in [-0.25, -0.2) is 4.98 Å². The van der Waals surface area contributed by atoms with Crippen LogP contribution in [0.25, 0.3) is 27.8 Å². The van der Waals surface area contributed by atoms with Crippen molar-refractivity contribution in [1.29, 1.82) is 0 Å². The van der Waals surface area contributed by atoms with Crippen molar-refractivity contribution in [2.45, 2.75) is 51.2 Å². The summed E-state index contributed by atoms with van der Waals surface area (Å²) in [6.07, 6.45) is 9.29. The van der Waals surface area contributed by atoms with Gasteiger partial charge < -0.3 is 15.4 Å². The van der Waals surface area contributed by atoms with Gasteiger partial charge in [-0.2, -0.15) is 4.98 Å². The van der Waals surface area contributed by atoms with Crippen molar-refractivity contribution in [3.63, 3.8) is 0 Å². The molecule has 4 aromatic rings. The van der Waals surface area contributed by atoms with Gasteiger partial charge in [-0.1, -0.05) is 0 Å². The molecule has 0 spiro atoms. The van der Waals surface area contributed by atoms with E-state index in [4.69, 9.17) is 0 Å². The molecule has 1 aliphatic rings. The van der Waals surface area contributed by atoms with E-state index in [1.54, 1.807) is 0 Å². The van der Waals surface area contributed by atoms with Crippen molar-refractivity contribution in [2.75, 3.05) is 5.32 Å². The van der Waals surface area contributed by atoms with E-state index in [1.807, 2.05) is 49.0 Å². The minimum absolute atomic E-state index is 0.297. The average molecular weight is 377 g/mol. The number of aliphatic hydroxyl groups is 1. The highest BCUT2D eigenvalue weighted by Gasteiger charge is 2.28. The summed E-state index contributed by atoms with van der Waals surface area (Å²) >= 11 is 0. The van der Waals surface area contributed by atoms with Crippen LogP contribution in [0, 0.1) is 6.92 Å². The van der Waals surface area contributed by atoms with Gasteiger partial charge in [-0.15, -0.1) is 10.2 Å². The van der Waals surface area contributed by atoms with E-state index in [0.29, 0.717) is 12.0 Å². The summed E-state index contributed by atoms with van der Waals surface area (Å²) in [5.41, 5.74) is 3.19. The molecule has 0 atom stereocenters. The van der Waals surface area contributed by atoms with Crippen LogP contribution in [0.3, 0.4) is 0 Å². The number of nitrogens with zero attached hydrogens (tertiary/aromatic N) is 5. The van der Waals surface area contributed by atoms with Gasteiger partial charge in [-0.05, 0) is 51.7 Å². The van der Waals surface area contributed by atoms with Crippen molar-refractivity contribution in [2.24, 2.45) is 0 Å². The molecule has 0 aliphatic heterocycles. The number of fused-ring (bicyclic) bond motifs is 2. The summed E-state index contributed by atoms with van der Waals surface area (Å²) in [6.45, 7) is 3.84. The lowest BCUT2D eigenvalue weighted by Crippen LogP contribution is -2.36. The summed E-state index contributed by atoms with van der Waals surface area (Å²) in [4.78, 5) is 12.4. The van der Waals surface area contributed by atoms with E-state index < -0.39 is 5.60 Å². The van der Waals surface area contributed by atoms with Crippen LogP contribution in [0.15, 0.2) is 30.7 Å². The van der Waals surface area contributed by atoms with E-state index in [1.165, 1.54) is 0 Å². The largest absolute Gasteiger partial charge is 0.390 e. The maximum Gasteiger partial charge on any atom is 0.224 e. The fraction of sp³-hybridized carbons (Fsp3) is 0.400. The quantitative estimate of drug-likeness (QED) is 0.507. The molecule has 5 rings (SSSR count). The standard InChI is InChI=1S/C20H23N7O/c1-12-25-26-17-4-3-13(11-27(12)17)15-9-21-18-16(15)10-22-19(24-18)23-14-5-7-20(2,28)8-6-14/h3-4,9-11,14,28H,5-8H2,1-2H3,(H2,21,22,23,24)/t14-,20-. The Labute approximate surface area is 162 Å². The van der Waals surface area contributed by atoms with Gasteiger partial charge in [0.1, 0.15) is 11.5 Å². The molecule has 0 radical (unpaired) electrons. The van der Waals surface area contributed by atoms with E-state index in [2.05, 4.69) is 30.5 Å². The van der Waals surface area contributed by atoms with Gasteiger partial charge in [0.05, 0.1) is 5.60 Å². The molecule has 144 valence electrons. The number of nitrogens with one attached hydrogen (secondary N) is 2. The van der Waals surface area contributed by atoms with Crippen molar-refractivity contribution < 1.29 is 5.11 Å². The predicted molar refractivity (Wildman–Crippen MR) is 107 cm³/mol. The number of aryl methyl sites for hydroxylation is 1. The zero-order valence-corrected chi connectivity index (χ0v) is 16.0. The molecule has 0 unspecified atom stereocenters. The minimum atomic E-state index is -0.540. The highest BCUT2D eigenvalue weighted by atomic mass is 16.3. The second-order valence-corrected chi connectivity index (χ2v) is 7.97. The maximum absolute atomic E-state index is 10.1. The van der Waals surface area contributed by atoms with E-state index in [0.717, 1.165) is 59.3 Å². The molecular weight excluding hydrogens is 354 g/mol. The van der Waals surface area contributed by atoms with E-state index in [9.17, 15) is 5.11 Å². The Hall–Kier alpha value is -3.00. The number of H-pyrrole nitrogens is 1. The van der Waals surface area contributed by atoms with Crippen molar-refractivity contribution >= 4 is 22.6 Å². The first-order valence-electron chi connectivity index (χ1n) is 9.63. The number of hydrogen-bond acceptors (Lipinski definition) is 6. The third-order valence-corrected chi connectivity index (χ3v) is 5.71. The van der Waals surface area contributed by atoms with Crippen LogP contribution >= 0.6 is 0 Å². The average Bonchev–Trinajstić information content (AvgIpc) is 3.27. The number of aromatic nitrogens is 6. The van der Waals surface area contributed by atoms with Crippen molar-refractivity contribution in [3.8, 4) is 11.1 Å². The first kappa shape index (κ1) is 17.1. The lowest BCUT2D eigenvalue weighted by molar-refractivity contribution is 0.0196. The summed E-state index contributed by atoms with van der Waals surface area (Å²) in [6, 6.07) is 4.29. The highest BCUT2D eigenvalue weighted by molar-refractivity contribution is 5.93. The molecule has 1 fully saturated rings. The van der Waals surface area contributed by atoms with Crippen LogP contribution in [-0.4, -0.2) is 46.3 Å². The number of pyridine rings is 1. The number of anilines is 1. The summed E-state index contributed by atoms with van der Waals surface area (Å²) < 4.78 is 1.98. The van der Waals surface area contributed by atoms with Gasteiger partial charge in [0, 0.05) is 41.1 Å². The van der Waals surface area contributed by atoms with Crippen LogP contribution in [0.1, 0.15) is 38.4 Å². The highest BCUT2D eigenvalue weighted by Crippen LogP contribution is 2.30. The molecule has 0 bridgehead atoms. The first-order valence-corrected chi connectivity index (χ1v) is 9.63. The fourth-order valence-corrected chi connectivity index (χ4v) is 3.95. The first-order chi connectivity index (χ1) is 13.5. The molecule has 0 amide bonds. The SMILES string of the molecule is Cc1nnc2ccc(-c3c[nH]c4nc(N[C@H]5CC[C@](C)(O)CC5)ncc34)cn12. The Morgan fingerprint density at radius 2 is 2.07 bits per heavy atom. The minimum Gasteiger partial charge on any atom is -0.390 e. The molecule has 8 heteroatoms. The van der Waals surface area contributed by atoms with Gasteiger partial charge in [0.2, 0.25) is 5.95 Å². The lowest BCUT2D eigenvalue weighted by atomic mass is 9.84. The number of rotatable bonds is 3. The third-order valence-electron chi connectivity index (χ3n) is 5.71. The van der Waals surface area contributed by atoms with Crippen molar-refractivity contribution in [3.05, 3.63) is 36.5 Å². The second kappa shape index (κ2) is 6.27. The normalized spacial score (nSPS) is 22.8. The molecular formula is C20H23N7O. The molecule has 1 aliphatic carbocycles.